The van der Waals surface area contributed by atoms with Crippen LogP contribution in [0.3, 0.4) is 0 Å². The van der Waals surface area contributed by atoms with Crippen molar-refractivity contribution in [3.63, 3.8) is 0 Å². The molecule has 4 nitrogen and oxygen atoms in total. The molecule has 3 fully saturated rings. The Kier molecular flexibility index (Phi) is 5.70. The van der Waals surface area contributed by atoms with Crippen LogP contribution in [0.15, 0.2) is 0 Å². The molecule has 2 aliphatic carbocycles. The summed E-state index contributed by atoms with van der Waals surface area (Å²) in [6.07, 6.45) is 6.09. The normalized spacial score (nSPS) is 37.2. The number of hydrogen-bond acceptors (Lipinski definition) is 3. The van der Waals surface area contributed by atoms with Gasteiger partial charge in [0.05, 0.1) is 13.2 Å². The van der Waals surface area contributed by atoms with E-state index in [9.17, 15) is 4.79 Å². The molecule has 1 aliphatic heterocycles. The van der Waals surface area contributed by atoms with Gasteiger partial charge in [-0.25, -0.2) is 0 Å². The van der Waals surface area contributed by atoms with Gasteiger partial charge in [-0.3, -0.25) is 4.79 Å². The summed E-state index contributed by atoms with van der Waals surface area (Å²) < 4.78 is 5.39. The van der Waals surface area contributed by atoms with E-state index >= 15 is 0 Å². The summed E-state index contributed by atoms with van der Waals surface area (Å²) in [5.74, 6) is 2.72. The summed E-state index contributed by atoms with van der Waals surface area (Å²) in [4.78, 5) is 12.1. The molecule has 0 aromatic carbocycles. The summed E-state index contributed by atoms with van der Waals surface area (Å²) in [6, 6.07) is 0.535. The second-order valence-electron chi connectivity index (χ2n) is 6.62. The molecule has 0 aromatic rings. The van der Waals surface area contributed by atoms with E-state index in [0.29, 0.717) is 19.1 Å². The van der Waals surface area contributed by atoms with Crippen molar-refractivity contribution in [2.24, 2.45) is 17.8 Å². The third kappa shape index (κ3) is 3.66. The largest absolute Gasteiger partial charge is 0.378 e. The predicted molar refractivity (Wildman–Crippen MR) is 81.0 cm³/mol. The Labute approximate surface area is 127 Å². The molecule has 116 valence electrons. The minimum atomic E-state index is 0. The Balaban J connectivity index is 0.00000147. The highest BCUT2D eigenvalue weighted by atomic mass is 35.5. The molecule has 0 aromatic heterocycles. The first kappa shape index (κ1) is 16.1. The van der Waals surface area contributed by atoms with Gasteiger partial charge >= 0.3 is 0 Å². The summed E-state index contributed by atoms with van der Waals surface area (Å²) in [7, 11) is 0. The smallest absolute Gasteiger partial charge is 0.221 e. The average molecular weight is 303 g/mol. The van der Waals surface area contributed by atoms with E-state index in [4.69, 9.17) is 4.74 Å². The van der Waals surface area contributed by atoms with Crippen molar-refractivity contribution in [1.82, 2.24) is 10.6 Å². The molecule has 1 heterocycles. The van der Waals surface area contributed by atoms with Crippen LogP contribution in [0.2, 0.25) is 0 Å². The van der Waals surface area contributed by atoms with Crippen LogP contribution in [0.5, 0.6) is 0 Å². The summed E-state index contributed by atoms with van der Waals surface area (Å²) in [5.41, 5.74) is 0. The Morgan fingerprint density at radius 3 is 2.85 bits per heavy atom. The van der Waals surface area contributed by atoms with Crippen molar-refractivity contribution in [3.8, 4) is 0 Å². The standard InChI is InChI=1S/C15H26N2O2.ClH/c1-10(14-7-11-2-3-12(14)6-11)17-15(18)8-13-9-19-5-4-16-13;/h10-14,16H,2-9H2,1H3,(H,17,18);1H. The maximum absolute atomic E-state index is 12.1. The van der Waals surface area contributed by atoms with Gasteiger partial charge in [-0.15, -0.1) is 12.4 Å². The lowest BCUT2D eigenvalue weighted by Crippen LogP contribution is -2.47. The zero-order chi connectivity index (χ0) is 13.2. The molecule has 5 heteroatoms. The van der Waals surface area contributed by atoms with Crippen molar-refractivity contribution < 1.29 is 9.53 Å². The van der Waals surface area contributed by atoms with E-state index in [-0.39, 0.29) is 24.4 Å². The van der Waals surface area contributed by atoms with Crippen LogP contribution in [0.25, 0.3) is 0 Å². The number of carbonyl (C=O) groups is 1. The summed E-state index contributed by atoms with van der Waals surface area (Å²) >= 11 is 0. The van der Waals surface area contributed by atoms with E-state index in [0.717, 1.165) is 30.9 Å². The van der Waals surface area contributed by atoms with Gasteiger partial charge in [0.1, 0.15) is 0 Å². The van der Waals surface area contributed by atoms with Crippen LogP contribution in [0.4, 0.5) is 0 Å². The van der Waals surface area contributed by atoms with Gasteiger partial charge in [-0.1, -0.05) is 6.42 Å². The lowest BCUT2D eigenvalue weighted by Gasteiger charge is -2.29. The maximum Gasteiger partial charge on any atom is 0.221 e. The number of nitrogens with one attached hydrogen (secondary N) is 2. The SMILES string of the molecule is CC(NC(=O)CC1COCCN1)C1CC2CCC1C2.Cl. The molecule has 3 rings (SSSR count). The molecule has 1 amide bonds. The van der Waals surface area contributed by atoms with Gasteiger partial charge < -0.3 is 15.4 Å². The number of hydrogen-bond donors (Lipinski definition) is 2. The van der Waals surface area contributed by atoms with Crippen LogP contribution < -0.4 is 10.6 Å². The first-order valence-corrected chi connectivity index (χ1v) is 7.83. The van der Waals surface area contributed by atoms with E-state index < -0.39 is 0 Å². The molecule has 20 heavy (non-hydrogen) atoms. The fraction of sp³-hybridized carbons (Fsp3) is 0.933. The van der Waals surface area contributed by atoms with Crippen LogP contribution in [0.1, 0.15) is 39.0 Å². The molecule has 0 spiro atoms. The van der Waals surface area contributed by atoms with E-state index in [1.54, 1.807) is 0 Å². The number of ether oxygens (including phenoxy) is 1. The van der Waals surface area contributed by atoms with Gasteiger partial charge in [-0.2, -0.15) is 0 Å². The zero-order valence-electron chi connectivity index (χ0n) is 12.3. The quantitative estimate of drug-likeness (QED) is 0.831. The highest BCUT2D eigenvalue weighted by Crippen LogP contribution is 2.49. The molecule has 2 saturated carbocycles. The summed E-state index contributed by atoms with van der Waals surface area (Å²) in [6.45, 7) is 4.48. The minimum absolute atomic E-state index is 0. The molecule has 3 aliphatic rings. The Bertz CT molecular complexity index is 334. The van der Waals surface area contributed by atoms with Crippen LogP contribution in [0, 0.1) is 17.8 Å². The van der Waals surface area contributed by atoms with Gasteiger partial charge in [0.15, 0.2) is 0 Å². The minimum Gasteiger partial charge on any atom is -0.378 e. The molecule has 5 atom stereocenters. The highest BCUT2D eigenvalue weighted by molar-refractivity contribution is 5.85. The Hall–Kier alpha value is -0.320. The van der Waals surface area contributed by atoms with Gasteiger partial charge in [0, 0.05) is 25.0 Å². The summed E-state index contributed by atoms with van der Waals surface area (Å²) in [5, 5.41) is 6.55. The number of fused-ring (bicyclic) bond motifs is 2. The molecular weight excluding hydrogens is 276 g/mol. The lowest BCUT2D eigenvalue weighted by molar-refractivity contribution is -0.123. The second kappa shape index (κ2) is 7.10. The molecule has 5 unspecified atom stereocenters. The van der Waals surface area contributed by atoms with Crippen molar-refractivity contribution >= 4 is 18.3 Å². The van der Waals surface area contributed by atoms with Crippen molar-refractivity contribution in [2.45, 2.75) is 51.1 Å². The topological polar surface area (TPSA) is 50.4 Å². The average Bonchev–Trinajstić information content (AvgIpc) is 3.02. The number of rotatable bonds is 4. The Morgan fingerprint density at radius 1 is 1.40 bits per heavy atom. The van der Waals surface area contributed by atoms with Crippen LogP contribution >= 0.6 is 12.4 Å². The third-order valence-corrected chi connectivity index (χ3v) is 5.25. The van der Waals surface area contributed by atoms with Crippen molar-refractivity contribution in [2.75, 3.05) is 19.8 Å². The highest BCUT2D eigenvalue weighted by Gasteiger charge is 2.42. The first-order valence-electron chi connectivity index (χ1n) is 7.83. The molecule has 1 saturated heterocycles. The molecule has 2 N–H and O–H groups in total. The fourth-order valence-corrected chi connectivity index (χ4v) is 4.30. The van der Waals surface area contributed by atoms with E-state index in [2.05, 4.69) is 17.6 Å². The van der Waals surface area contributed by atoms with Crippen molar-refractivity contribution in [1.29, 1.82) is 0 Å². The van der Waals surface area contributed by atoms with Crippen molar-refractivity contribution in [3.05, 3.63) is 0 Å². The number of carbonyl (C=O) groups excluding carboxylic acids is 1. The second-order valence-corrected chi connectivity index (χ2v) is 6.62. The van der Waals surface area contributed by atoms with E-state index in [1.807, 2.05) is 0 Å². The lowest BCUT2D eigenvalue weighted by atomic mass is 9.84. The number of halogens is 1. The Morgan fingerprint density at radius 2 is 2.25 bits per heavy atom. The number of amides is 1. The maximum atomic E-state index is 12.1. The van der Waals surface area contributed by atoms with Crippen LogP contribution in [-0.2, 0) is 9.53 Å². The van der Waals surface area contributed by atoms with Gasteiger partial charge in [-0.05, 0) is 43.9 Å². The first-order chi connectivity index (χ1) is 9.22. The fourth-order valence-electron chi connectivity index (χ4n) is 4.30. The monoisotopic (exact) mass is 302 g/mol. The predicted octanol–water partition coefficient (Wildman–Crippen LogP) is 1.73. The molecule has 0 radical (unpaired) electrons. The zero-order valence-corrected chi connectivity index (χ0v) is 13.1. The van der Waals surface area contributed by atoms with Gasteiger partial charge in [0.25, 0.3) is 0 Å². The van der Waals surface area contributed by atoms with Crippen LogP contribution in [-0.4, -0.2) is 37.7 Å². The van der Waals surface area contributed by atoms with Gasteiger partial charge in [0.2, 0.25) is 5.91 Å². The number of morpholine rings is 1. The molecular formula is C15H27ClN2O2. The van der Waals surface area contributed by atoms with E-state index in [1.165, 1.54) is 25.7 Å². The molecule has 2 bridgehead atoms. The third-order valence-electron chi connectivity index (χ3n) is 5.25.